The van der Waals surface area contributed by atoms with Gasteiger partial charge in [-0.15, -0.1) is 0 Å². The minimum atomic E-state index is -3.31. The van der Waals surface area contributed by atoms with Gasteiger partial charge in [-0.3, -0.25) is 0 Å². The van der Waals surface area contributed by atoms with Crippen molar-refractivity contribution in [3.63, 3.8) is 0 Å². The van der Waals surface area contributed by atoms with Crippen molar-refractivity contribution < 1.29 is 8.42 Å². The fourth-order valence-corrected chi connectivity index (χ4v) is 4.57. The van der Waals surface area contributed by atoms with E-state index in [-0.39, 0.29) is 16.7 Å². The zero-order valence-electron chi connectivity index (χ0n) is 14.4. The van der Waals surface area contributed by atoms with Crippen LogP contribution < -0.4 is 0 Å². The molecule has 1 heterocycles. The molecule has 24 heavy (non-hydrogen) atoms. The molecule has 2 rings (SSSR count). The van der Waals surface area contributed by atoms with Crippen molar-refractivity contribution in [2.24, 2.45) is 5.92 Å². The first-order valence-electron chi connectivity index (χ1n) is 8.79. The molecule has 0 aliphatic rings. The summed E-state index contributed by atoms with van der Waals surface area (Å²) in [6.45, 7) is 2.17. The van der Waals surface area contributed by atoms with E-state index in [1.54, 1.807) is 24.4 Å². The molecule has 3 nitrogen and oxygen atoms in total. The lowest BCUT2D eigenvalue weighted by atomic mass is 9.95. The van der Waals surface area contributed by atoms with Crippen molar-refractivity contribution in [1.29, 1.82) is 0 Å². The second-order valence-electron chi connectivity index (χ2n) is 6.34. The van der Waals surface area contributed by atoms with Crippen LogP contribution in [-0.2, 0) is 16.3 Å². The van der Waals surface area contributed by atoms with E-state index < -0.39 is 9.84 Å². The topological polar surface area (TPSA) is 47.0 Å². The van der Waals surface area contributed by atoms with Crippen LogP contribution in [0.2, 0.25) is 0 Å². The molecule has 2 aromatic rings. The molecule has 0 amide bonds. The Labute approximate surface area is 146 Å². The lowest BCUT2D eigenvalue weighted by Crippen LogP contribution is -2.18. The number of benzene rings is 1. The average Bonchev–Trinajstić information content (AvgIpc) is 2.61. The zero-order valence-corrected chi connectivity index (χ0v) is 15.2. The summed E-state index contributed by atoms with van der Waals surface area (Å²) >= 11 is 0. The summed E-state index contributed by atoms with van der Waals surface area (Å²) in [5, 5.41) is 0.199. The Balaban J connectivity index is 2.02. The number of nitrogens with zero attached hydrogens (tertiary/aromatic N) is 1. The van der Waals surface area contributed by atoms with Gasteiger partial charge in [0.15, 0.2) is 14.9 Å². The Kier molecular flexibility index (Phi) is 7.44. The lowest BCUT2D eigenvalue weighted by Gasteiger charge is -2.17. The first-order chi connectivity index (χ1) is 11.6. The Morgan fingerprint density at radius 2 is 1.71 bits per heavy atom. The molecule has 0 aliphatic carbocycles. The average molecular weight is 346 g/mol. The molecule has 0 fully saturated rings. The molecule has 1 atom stereocenters. The molecule has 1 aromatic carbocycles. The van der Waals surface area contributed by atoms with Crippen molar-refractivity contribution in [3.8, 4) is 0 Å². The van der Waals surface area contributed by atoms with Crippen molar-refractivity contribution in [1.82, 2.24) is 4.98 Å². The third-order valence-corrected chi connectivity index (χ3v) is 6.10. The number of aromatic nitrogens is 1. The van der Waals surface area contributed by atoms with E-state index in [4.69, 9.17) is 0 Å². The van der Waals surface area contributed by atoms with Gasteiger partial charge < -0.3 is 0 Å². The van der Waals surface area contributed by atoms with Crippen molar-refractivity contribution in [2.75, 3.05) is 5.75 Å². The maximum atomic E-state index is 12.6. The van der Waals surface area contributed by atoms with Gasteiger partial charge in [-0.2, -0.15) is 0 Å². The van der Waals surface area contributed by atoms with Crippen LogP contribution in [0.4, 0.5) is 0 Å². The maximum Gasteiger partial charge on any atom is 0.195 e. The quantitative estimate of drug-likeness (QED) is 0.587. The van der Waals surface area contributed by atoms with E-state index in [2.05, 4.69) is 24.0 Å². The highest BCUT2D eigenvalue weighted by molar-refractivity contribution is 7.91. The minimum Gasteiger partial charge on any atom is -0.245 e. The SMILES string of the molecule is CCCCC[C@@H](CCc1ccccc1)CS(=O)(=O)c1ccccn1. The van der Waals surface area contributed by atoms with E-state index in [1.807, 2.05) is 18.2 Å². The van der Waals surface area contributed by atoms with Gasteiger partial charge in [-0.1, -0.05) is 62.6 Å². The number of rotatable bonds is 10. The molecule has 0 spiro atoms. The van der Waals surface area contributed by atoms with E-state index in [0.29, 0.717) is 0 Å². The first-order valence-corrected chi connectivity index (χ1v) is 10.4. The van der Waals surface area contributed by atoms with Crippen LogP contribution in [0.3, 0.4) is 0 Å². The standard InChI is InChI=1S/C20H27NO2S/c1-2-3-5-12-19(15-14-18-10-6-4-7-11-18)17-24(22,23)20-13-8-9-16-21-20/h4,6-11,13,16,19H,2-3,5,12,14-15,17H2,1H3/t19-/m0/s1. The Morgan fingerprint density at radius 3 is 2.38 bits per heavy atom. The zero-order chi connectivity index (χ0) is 17.3. The summed E-state index contributed by atoms with van der Waals surface area (Å²) < 4.78 is 25.2. The van der Waals surface area contributed by atoms with Crippen LogP contribution in [0.25, 0.3) is 0 Å². The number of hydrogen-bond acceptors (Lipinski definition) is 3. The number of hydrogen-bond donors (Lipinski definition) is 0. The third kappa shape index (κ3) is 6.08. The summed E-state index contributed by atoms with van der Waals surface area (Å²) in [5.41, 5.74) is 1.27. The highest BCUT2D eigenvalue weighted by Crippen LogP contribution is 2.21. The van der Waals surface area contributed by atoms with Crippen LogP contribution in [0.5, 0.6) is 0 Å². The molecule has 130 valence electrons. The fraction of sp³-hybridized carbons (Fsp3) is 0.450. The Hall–Kier alpha value is -1.68. The van der Waals surface area contributed by atoms with Gasteiger partial charge in [0, 0.05) is 6.20 Å². The second-order valence-corrected chi connectivity index (χ2v) is 8.32. The molecule has 0 unspecified atom stereocenters. The van der Waals surface area contributed by atoms with Gasteiger partial charge >= 0.3 is 0 Å². The van der Waals surface area contributed by atoms with Gasteiger partial charge in [0.1, 0.15) is 0 Å². The molecular formula is C20H27NO2S. The van der Waals surface area contributed by atoms with Gasteiger partial charge in [0.05, 0.1) is 5.75 Å². The first kappa shape index (κ1) is 18.7. The number of aryl methyl sites for hydroxylation is 1. The fourth-order valence-electron chi connectivity index (χ4n) is 2.94. The molecule has 1 aromatic heterocycles. The van der Waals surface area contributed by atoms with Gasteiger partial charge in [-0.25, -0.2) is 13.4 Å². The molecule has 0 bridgehead atoms. The van der Waals surface area contributed by atoms with Crippen molar-refractivity contribution in [3.05, 3.63) is 60.3 Å². The van der Waals surface area contributed by atoms with Crippen LogP contribution >= 0.6 is 0 Å². The van der Waals surface area contributed by atoms with Gasteiger partial charge in [-0.05, 0) is 42.9 Å². The molecular weight excluding hydrogens is 318 g/mol. The van der Waals surface area contributed by atoms with Crippen LogP contribution in [-0.4, -0.2) is 19.2 Å². The Morgan fingerprint density at radius 1 is 0.958 bits per heavy atom. The summed E-state index contributed by atoms with van der Waals surface area (Å²) in [6.07, 6.45) is 7.74. The van der Waals surface area contributed by atoms with Gasteiger partial charge in [0.25, 0.3) is 0 Å². The monoisotopic (exact) mass is 345 g/mol. The van der Waals surface area contributed by atoms with E-state index >= 15 is 0 Å². The van der Waals surface area contributed by atoms with Crippen LogP contribution in [0, 0.1) is 5.92 Å². The largest absolute Gasteiger partial charge is 0.245 e. The summed E-state index contributed by atoms with van der Waals surface area (Å²) in [7, 11) is -3.31. The van der Waals surface area contributed by atoms with Gasteiger partial charge in [0.2, 0.25) is 0 Å². The number of pyridine rings is 1. The summed E-state index contributed by atoms with van der Waals surface area (Å²) in [5.74, 6) is 0.379. The van der Waals surface area contributed by atoms with Crippen molar-refractivity contribution >= 4 is 9.84 Å². The molecule has 4 heteroatoms. The molecule has 0 N–H and O–H groups in total. The predicted molar refractivity (Wildman–Crippen MR) is 98.7 cm³/mol. The minimum absolute atomic E-state index is 0.184. The summed E-state index contributed by atoms with van der Waals surface area (Å²) in [4.78, 5) is 4.03. The summed E-state index contributed by atoms with van der Waals surface area (Å²) in [6, 6.07) is 15.4. The number of sulfone groups is 1. The molecule has 0 radical (unpaired) electrons. The third-order valence-electron chi connectivity index (χ3n) is 4.31. The second kappa shape index (κ2) is 9.58. The smallest absolute Gasteiger partial charge is 0.195 e. The Bertz CT molecular complexity index is 684. The maximum absolute atomic E-state index is 12.6. The van der Waals surface area contributed by atoms with Crippen LogP contribution in [0.15, 0.2) is 59.8 Å². The number of unbranched alkanes of at least 4 members (excludes halogenated alkanes) is 2. The molecule has 0 aliphatic heterocycles. The lowest BCUT2D eigenvalue weighted by molar-refractivity contribution is 0.459. The van der Waals surface area contributed by atoms with E-state index in [0.717, 1.165) is 38.5 Å². The molecule has 0 saturated heterocycles. The normalized spacial score (nSPS) is 12.9. The highest BCUT2D eigenvalue weighted by atomic mass is 32.2. The van der Waals surface area contributed by atoms with E-state index in [9.17, 15) is 8.42 Å². The predicted octanol–water partition coefficient (Wildman–Crippen LogP) is 4.68. The van der Waals surface area contributed by atoms with E-state index in [1.165, 1.54) is 5.56 Å². The van der Waals surface area contributed by atoms with Crippen LogP contribution in [0.1, 0.15) is 44.6 Å². The molecule has 0 saturated carbocycles. The highest BCUT2D eigenvalue weighted by Gasteiger charge is 2.22. The van der Waals surface area contributed by atoms with Crippen molar-refractivity contribution in [2.45, 2.75) is 50.5 Å².